The molecule has 1 rings (SSSR count). The molecule has 0 saturated carbocycles. The van der Waals surface area contributed by atoms with E-state index in [-0.39, 0.29) is 0 Å². The van der Waals surface area contributed by atoms with Gasteiger partial charge in [-0.3, -0.25) is 0 Å². The molecule has 12 heavy (non-hydrogen) atoms. The maximum absolute atomic E-state index is 10.1. The Bertz CT molecular complexity index is 312. The van der Waals surface area contributed by atoms with Crippen LogP contribution < -0.4 is 5.43 Å². The number of benzene rings is 1. The van der Waals surface area contributed by atoms with Crippen molar-refractivity contribution in [1.82, 2.24) is 0 Å². The van der Waals surface area contributed by atoms with Gasteiger partial charge in [-0.05, 0) is 35.9 Å². The van der Waals surface area contributed by atoms with Crippen molar-refractivity contribution in [3.8, 4) is 0 Å². The minimum atomic E-state index is 0.367. The molecule has 0 radical (unpaired) electrons. The second-order valence-corrected chi connectivity index (χ2v) is 2.30. The zero-order valence-corrected chi connectivity index (χ0v) is 6.44. The van der Waals surface area contributed by atoms with Crippen LogP contribution in [0, 0.1) is 16.7 Å². The number of nitrogens with one attached hydrogen (secondary N) is 1. The summed E-state index contributed by atoms with van der Waals surface area (Å²) in [6, 6.07) is 4.71. The SMILES string of the molecule is Cc1cc(NN=O)ccc1N=O. The van der Waals surface area contributed by atoms with E-state index in [1.807, 2.05) is 0 Å². The van der Waals surface area contributed by atoms with Crippen LogP contribution in [0.1, 0.15) is 5.56 Å². The van der Waals surface area contributed by atoms with Crippen LogP contribution in [0.15, 0.2) is 28.7 Å². The number of anilines is 1. The van der Waals surface area contributed by atoms with Gasteiger partial charge >= 0.3 is 0 Å². The summed E-state index contributed by atoms with van der Waals surface area (Å²) in [5.41, 5.74) is 3.85. The molecular weight excluding hydrogens is 158 g/mol. The molecule has 5 heteroatoms. The molecule has 1 N–H and O–H groups in total. The van der Waals surface area contributed by atoms with Gasteiger partial charge in [0.2, 0.25) is 0 Å². The zero-order valence-electron chi connectivity index (χ0n) is 6.44. The summed E-state index contributed by atoms with van der Waals surface area (Å²) in [7, 11) is 0. The fraction of sp³-hybridized carbons (Fsp3) is 0.143. The van der Waals surface area contributed by atoms with Crippen LogP contribution in [-0.4, -0.2) is 0 Å². The minimum Gasteiger partial charge on any atom is -0.242 e. The van der Waals surface area contributed by atoms with Gasteiger partial charge in [0.15, 0.2) is 0 Å². The van der Waals surface area contributed by atoms with Gasteiger partial charge in [-0.2, -0.15) is 0 Å². The molecule has 62 valence electrons. The first kappa shape index (κ1) is 8.32. The van der Waals surface area contributed by atoms with Gasteiger partial charge in [0.25, 0.3) is 0 Å². The van der Waals surface area contributed by atoms with E-state index in [9.17, 15) is 9.81 Å². The number of nitrogens with zero attached hydrogens (tertiary/aromatic N) is 2. The Hall–Kier alpha value is -1.78. The number of hydrogen-bond donors (Lipinski definition) is 1. The van der Waals surface area contributed by atoms with Crippen molar-refractivity contribution < 1.29 is 0 Å². The first-order valence-corrected chi connectivity index (χ1v) is 3.30. The van der Waals surface area contributed by atoms with Gasteiger partial charge < -0.3 is 0 Å². The number of hydrogen-bond acceptors (Lipinski definition) is 4. The molecule has 0 aromatic heterocycles. The molecule has 0 unspecified atom stereocenters. The van der Waals surface area contributed by atoms with E-state index in [0.717, 1.165) is 0 Å². The maximum Gasteiger partial charge on any atom is 0.111 e. The van der Waals surface area contributed by atoms with Crippen LogP contribution in [0.25, 0.3) is 0 Å². The molecule has 0 fully saturated rings. The third kappa shape index (κ3) is 1.63. The topological polar surface area (TPSA) is 70.9 Å². The lowest BCUT2D eigenvalue weighted by atomic mass is 10.2. The predicted molar refractivity (Wildman–Crippen MR) is 46.1 cm³/mol. The van der Waals surface area contributed by atoms with E-state index in [1.54, 1.807) is 19.1 Å². The Balaban J connectivity index is 3.00. The van der Waals surface area contributed by atoms with Gasteiger partial charge in [0.05, 0.1) is 11.0 Å². The highest BCUT2D eigenvalue weighted by molar-refractivity contribution is 5.55. The number of nitroso groups, excluding NO2 is 2. The lowest BCUT2D eigenvalue weighted by molar-refractivity contribution is 1.29. The van der Waals surface area contributed by atoms with Crippen LogP contribution in [0.3, 0.4) is 0 Å². The summed E-state index contributed by atoms with van der Waals surface area (Å²) in [5, 5.41) is 5.28. The summed E-state index contributed by atoms with van der Waals surface area (Å²) in [5.74, 6) is 0. The van der Waals surface area contributed by atoms with Gasteiger partial charge in [0.1, 0.15) is 5.69 Å². The first-order chi connectivity index (χ1) is 5.77. The molecular formula is C7H7N3O2. The van der Waals surface area contributed by atoms with Crippen molar-refractivity contribution >= 4 is 11.4 Å². The Morgan fingerprint density at radius 2 is 2.08 bits per heavy atom. The van der Waals surface area contributed by atoms with Crippen molar-refractivity contribution in [2.24, 2.45) is 10.5 Å². The summed E-state index contributed by atoms with van der Waals surface area (Å²) in [6.45, 7) is 1.73. The van der Waals surface area contributed by atoms with E-state index in [0.29, 0.717) is 16.9 Å². The molecule has 0 spiro atoms. The van der Waals surface area contributed by atoms with Crippen molar-refractivity contribution in [3.63, 3.8) is 0 Å². The van der Waals surface area contributed by atoms with E-state index >= 15 is 0 Å². The minimum absolute atomic E-state index is 0.367. The van der Waals surface area contributed by atoms with E-state index in [1.165, 1.54) is 6.07 Å². The van der Waals surface area contributed by atoms with Crippen LogP contribution in [0.2, 0.25) is 0 Å². The van der Waals surface area contributed by atoms with E-state index in [2.05, 4.69) is 15.9 Å². The van der Waals surface area contributed by atoms with Crippen LogP contribution >= 0.6 is 0 Å². The number of rotatable bonds is 3. The molecule has 0 aliphatic carbocycles. The standard InChI is InChI=1S/C7H7N3O2/c1-5-4-6(8-10-12)2-3-7(5)9-11/h2-4H,1H3,(H,8,12). The van der Waals surface area contributed by atoms with Gasteiger partial charge in [-0.15, -0.1) is 9.81 Å². The van der Waals surface area contributed by atoms with Crippen molar-refractivity contribution in [2.45, 2.75) is 6.92 Å². The third-order valence-corrected chi connectivity index (χ3v) is 1.47. The lowest BCUT2D eigenvalue weighted by Crippen LogP contribution is -1.85. The summed E-state index contributed by atoms with van der Waals surface area (Å²) >= 11 is 0. The Morgan fingerprint density at radius 1 is 1.33 bits per heavy atom. The van der Waals surface area contributed by atoms with E-state index in [4.69, 9.17) is 0 Å². The van der Waals surface area contributed by atoms with Crippen molar-refractivity contribution in [2.75, 3.05) is 5.43 Å². The largest absolute Gasteiger partial charge is 0.242 e. The smallest absolute Gasteiger partial charge is 0.111 e. The molecule has 1 aromatic rings. The monoisotopic (exact) mass is 165 g/mol. The first-order valence-electron chi connectivity index (χ1n) is 3.30. The second-order valence-electron chi connectivity index (χ2n) is 2.30. The average Bonchev–Trinajstić information content (AvgIpc) is 2.05. The van der Waals surface area contributed by atoms with Gasteiger partial charge in [-0.1, -0.05) is 0 Å². The maximum atomic E-state index is 10.1. The molecule has 0 amide bonds. The summed E-state index contributed by atoms with van der Waals surface area (Å²) < 4.78 is 0. The van der Waals surface area contributed by atoms with E-state index < -0.39 is 0 Å². The van der Waals surface area contributed by atoms with Gasteiger partial charge in [0, 0.05) is 0 Å². The quantitative estimate of drug-likeness (QED) is 0.552. The van der Waals surface area contributed by atoms with Crippen molar-refractivity contribution in [1.29, 1.82) is 0 Å². The molecule has 0 atom stereocenters. The van der Waals surface area contributed by atoms with Crippen LogP contribution in [0.5, 0.6) is 0 Å². The highest BCUT2D eigenvalue weighted by atomic mass is 16.3. The predicted octanol–water partition coefficient (Wildman–Crippen LogP) is 2.49. The lowest BCUT2D eigenvalue weighted by Gasteiger charge is -1.99. The average molecular weight is 165 g/mol. The summed E-state index contributed by atoms with van der Waals surface area (Å²) in [6.07, 6.45) is 0. The van der Waals surface area contributed by atoms with Gasteiger partial charge in [-0.25, -0.2) is 5.43 Å². The number of aryl methyl sites for hydroxylation is 1. The second kappa shape index (κ2) is 3.56. The zero-order chi connectivity index (χ0) is 8.97. The molecule has 0 aliphatic rings. The molecule has 5 nitrogen and oxygen atoms in total. The highest BCUT2D eigenvalue weighted by Crippen LogP contribution is 2.21. The Morgan fingerprint density at radius 3 is 2.58 bits per heavy atom. The fourth-order valence-electron chi connectivity index (χ4n) is 0.880. The molecule has 1 aromatic carbocycles. The molecule has 0 saturated heterocycles. The molecule has 0 aliphatic heterocycles. The molecule has 0 heterocycles. The fourth-order valence-corrected chi connectivity index (χ4v) is 0.880. The highest BCUT2D eigenvalue weighted by Gasteiger charge is 1.98. The normalized spacial score (nSPS) is 9.08. The van der Waals surface area contributed by atoms with Crippen LogP contribution in [-0.2, 0) is 0 Å². The summed E-state index contributed by atoms with van der Waals surface area (Å²) in [4.78, 5) is 19.9. The Kier molecular flexibility index (Phi) is 2.47. The third-order valence-electron chi connectivity index (χ3n) is 1.47. The van der Waals surface area contributed by atoms with Crippen molar-refractivity contribution in [3.05, 3.63) is 33.6 Å². The molecule has 0 bridgehead atoms. The Labute approximate surface area is 68.7 Å². The van der Waals surface area contributed by atoms with Crippen LogP contribution in [0.4, 0.5) is 11.4 Å².